The van der Waals surface area contributed by atoms with Crippen LogP contribution in [0.25, 0.3) is 0 Å². The fourth-order valence-electron chi connectivity index (χ4n) is 4.74. The van der Waals surface area contributed by atoms with Gasteiger partial charge in [0.1, 0.15) is 5.82 Å². The molecule has 1 aromatic heterocycles. The lowest BCUT2D eigenvalue weighted by Crippen LogP contribution is -2.35. The molecule has 2 aliphatic rings. The Morgan fingerprint density at radius 2 is 1.93 bits per heavy atom. The van der Waals surface area contributed by atoms with Gasteiger partial charge in [-0.25, -0.2) is 9.37 Å². The molecule has 1 aromatic carbocycles. The monoisotopic (exact) mass is 412 g/mol. The lowest BCUT2D eigenvalue weighted by molar-refractivity contribution is 0.384. The number of halogens is 1. The number of anilines is 1. The minimum Gasteiger partial charge on any atom is -0.494 e. The van der Waals surface area contributed by atoms with E-state index in [1.165, 1.54) is 25.2 Å². The standard InChI is InChI=1S/C24H33FN4O/c1-16(17-4-7-22(25)23(14-17)30-2)28-21-6-3-18(13-21)19-5-8-24(27-15-19)29-20-9-11-26-12-10-20/h4-5,7-8,14-16,18,20-21,26,28H,3,6,9-13H2,1-2H3,(H,27,29)/t16-,18-,21+/m1/s1. The van der Waals surface area contributed by atoms with Crippen molar-refractivity contribution in [3.05, 3.63) is 53.5 Å². The van der Waals surface area contributed by atoms with Gasteiger partial charge in [-0.2, -0.15) is 0 Å². The van der Waals surface area contributed by atoms with Crippen LogP contribution in [0.1, 0.15) is 62.1 Å². The van der Waals surface area contributed by atoms with Crippen molar-refractivity contribution in [1.82, 2.24) is 15.6 Å². The molecule has 1 saturated carbocycles. The number of nitrogens with zero attached hydrogens (tertiary/aromatic N) is 1. The molecule has 2 aromatic rings. The smallest absolute Gasteiger partial charge is 0.165 e. The summed E-state index contributed by atoms with van der Waals surface area (Å²) in [5.41, 5.74) is 2.37. The van der Waals surface area contributed by atoms with Gasteiger partial charge < -0.3 is 20.7 Å². The van der Waals surface area contributed by atoms with E-state index in [2.05, 4.69) is 40.0 Å². The second-order valence-corrected chi connectivity index (χ2v) is 8.63. The van der Waals surface area contributed by atoms with Crippen LogP contribution in [0.4, 0.5) is 10.2 Å². The summed E-state index contributed by atoms with van der Waals surface area (Å²) < 4.78 is 18.8. The molecule has 1 aliphatic heterocycles. The molecule has 1 saturated heterocycles. The third kappa shape index (κ3) is 5.10. The number of hydrogen-bond donors (Lipinski definition) is 3. The Balaban J connectivity index is 1.30. The highest BCUT2D eigenvalue weighted by molar-refractivity contribution is 5.38. The Labute approximate surface area is 178 Å². The number of nitrogens with one attached hydrogen (secondary N) is 3. The topological polar surface area (TPSA) is 58.2 Å². The molecule has 1 aliphatic carbocycles. The highest BCUT2D eigenvalue weighted by atomic mass is 19.1. The van der Waals surface area contributed by atoms with Gasteiger partial charge in [-0.05, 0) is 87.4 Å². The number of methoxy groups -OCH3 is 1. The van der Waals surface area contributed by atoms with Crippen molar-refractivity contribution in [3.8, 4) is 5.75 Å². The number of hydrogen-bond acceptors (Lipinski definition) is 5. The SMILES string of the molecule is COc1cc([C@@H](C)N[C@H]2CC[C@@H](c3ccc(NC4CCNCC4)nc3)C2)ccc1F. The highest BCUT2D eigenvalue weighted by Crippen LogP contribution is 2.35. The van der Waals surface area contributed by atoms with Gasteiger partial charge in [0.25, 0.3) is 0 Å². The van der Waals surface area contributed by atoms with Crippen molar-refractivity contribution in [3.63, 3.8) is 0 Å². The van der Waals surface area contributed by atoms with Crippen LogP contribution in [0.15, 0.2) is 36.5 Å². The first kappa shape index (κ1) is 21.1. The van der Waals surface area contributed by atoms with Gasteiger partial charge in [0, 0.05) is 24.3 Å². The lowest BCUT2D eigenvalue weighted by atomic mass is 9.99. The average molecular weight is 413 g/mol. The van der Waals surface area contributed by atoms with Crippen LogP contribution in [0.2, 0.25) is 0 Å². The summed E-state index contributed by atoms with van der Waals surface area (Å²) in [6.45, 7) is 4.29. The van der Waals surface area contributed by atoms with Crippen molar-refractivity contribution in [2.24, 2.45) is 0 Å². The Morgan fingerprint density at radius 1 is 1.10 bits per heavy atom. The highest BCUT2D eigenvalue weighted by Gasteiger charge is 2.27. The Kier molecular flexibility index (Phi) is 6.85. The van der Waals surface area contributed by atoms with Gasteiger partial charge >= 0.3 is 0 Å². The van der Waals surface area contributed by atoms with E-state index in [-0.39, 0.29) is 11.9 Å². The van der Waals surface area contributed by atoms with E-state index in [0.717, 1.165) is 50.2 Å². The van der Waals surface area contributed by atoms with E-state index >= 15 is 0 Å². The molecule has 0 radical (unpaired) electrons. The maximum atomic E-state index is 13.7. The van der Waals surface area contributed by atoms with Gasteiger partial charge in [-0.1, -0.05) is 12.1 Å². The maximum absolute atomic E-state index is 13.7. The maximum Gasteiger partial charge on any atom is 0.165 e. The van der Waals surface area contributed by atoms with Gasteiger partial charge in [-0.15, -0.1) is 0 Å². The zero-order chi connectivity index (χ0) is 20.9. The van der Waals surface area contributed by atoms with Crippen LogP contribution in [-0.2, 0) is 0 Å². The van der Waals surface area contributed by atoms with E-state index in [1.54, 1.807) is 6.07 Å². The van der Waals surface area contributed by atoms with Crippen molar-refractivity contribution < 1.29 is 9.13 Å². The first-order valence-electron chi connectivity index (χ1n) is 11.1. The normalized spacial score (nSPS) is 23.3. The summed E-state index contributed by atoms with van der Waals surface area (Å²) in [4.78, 5) is 4.68. The first-order valence-corrected chi connectivity index (χ1v) is 11.1. The van der Waals surface area contributed by atoms with Crippen LogP contribution in [0, 0.1) is 5.82 Å². The minimum atomic E-state index is -0.319. The second kappa shape index (κ2) is 9.75. The summed E-state index contributed by atoms with van der Waals surface area (Å²) in [6.07, 6.45) is 7.76. The first-order chi connectivity index (χ1) is 14.6. The van der Waals surface area contributed by atoms with Gasteiger partial charge in [0.05, 0.1) is 7.11 Å². The second-order valence-electron chi connectivity index (χ2n) is 8.63. The third-order valence-electron chi connectivity index (χ3n) is 6.54. The lowest BCUT2D eigenvalue weighted by Gasteiger charge is -2.24. The van der Waals surface area contributed by atoms with Crippen LogP contribution < -0.4 is 20.7 Å². The zero-order valence-electron chi connectivity index (χ0n) is 18.0. The van der Waals surface area contributed by atoms with E-state index in [9.17, 15) is 4.39 Å². The predicted octanol–water partition coefficient (Wildman–Crippen LogP) is 4.38. The Hall–Kier alpha value is -2.18. The molecule has 30 heavy (non-hydrogen) atoms. The minimum absolute atomic E-state index is 0.151. The number of aromatic nitrogens is 1. The molecule has 4 rings (SSSR count). The molecule has 6 heteroatoms. The summed E-state index contributed by atoms with van der Waals surface area (Å²) in [6, 6.07) is 10.6. The molecule has 3 atom stereocenters. The molecule has 5 nitrogen and oxygen atoms in total. The Bertz CT molecular complexity index is 822. The van der Waals surface area contributed by atoms with Crippen molar-refractivity contribution >= 4 is 5.82 Å². The van der Waals surface area contributed by atoms with Crippen molar-refractivity contribution in [1.29, 1.82) is 0 Å². The Morgan fingerprint density at radius 3 is 2.67 bits per heavy atom. The summed E-state index contributed by atoms with van der Waals surface area (Å²) in [5.74, 6) is 1.50. The van der Waals surface area contributed by atoms with Crippen LogP contribution in [0.3, 0.4) is 0 Å². The van der Waals surface area contributed by atoms with Crippen molar-refractivity contribution in [2.45, 2.75) is 63.1 Å². The zero-order valence-corrected chi connectivity index (χ0v) is 18.0. The van der Waals surface area contributed by atoms with Crippen LogP contribution in [0.5, 0.6) is 5.75 Å². The molecule has 0 spiro atoms. The summed E-state index contributed by atoms with van der Waals surface area (Å²) in [5, 5.41) is 10.7. The molecular formula is C24H33FN4O. The average Bonchev–Trinajstić information content (AvgIpc) is 3.23. The molecule has 0 amide bonds. The number of rotatable bonds is 7. The third-order valence-corrected chi connectivity index (χ3v) is 6.54. The molecule has 0 unspecified atom stereocenters. The fourth-order valence-corrected chi connectivity index (χ4v) is 4.74. The van der Waals surface area contributed by atoms with E-state index in [4.69, 9.17) is 4.74 Å². The van der Waals surface area contributed by atoms with Crippen molar-refractivity contribution in [2.75, 3.05) is 25.5 Å². The number of benzene rings is 1. The quantitative estimate of drug-likeness (QED) is 0.630. The molecule has 2 heterocycles. The van der Waals surface area contributed by atoms with Crippen LogP contribution in [-0.4, -0.2) is 37.3 Å². The number of ether oxygens (including phenoxy) is 1. The van der Waals surface area contributed by atoms with Crippen LogP contribution >= 0.6 is 0 Å². The summed E-state index contributed by atoms with van der Waals surface area (Å²) >= 11 is 0. The summed E-state index contributed by atoms with van der Waals surface area (Å²) in [7, 11) is 1.50. The van der Waals surface area contributed by atoms with E-state index in [1.807, 2.05) is 12.3 Å². The van der Waals surface area contributed by atoms with E-state index in [0.29, 0.717) is 23.8 Å². The van der Waals surface area contributed by atoms with Gasteiger partial charge in [-0.3, -0.25) is 0 Å². The predicted molar refractivity (Wildman–Crippen MR) is 119 cm³/mol. The fraction of sp³-hybridized carbons (Fsp3) is 0.542. The molecular weight excluding hydrogens is 379 g/mol. The molecule has 3 N–H and O–H groups in total. The number of piperidine rings is 1. The molecule has 2 fully saturated rings. The largest absolute Gasteiger partial charge is 0.494 e. The van der Waals surface area contributed by atoms with Gasteiger partial charge in [0.15, 0.2) is 11.6 Å². The molecule has 162 valence electrons. The van der Waals surface area contributed by atoms with Gasteiger partial charge in [0.2, 0.25) is 0 Å². The van der Waals surface area contributed by atoms with E-state index < -0.39 is 0 Å². The number of pyridine rings is 1. The molecule has 0 bridgehead atoms.